The highest BCUT2D eigenvalue weighted by Gasteiger charge is 2.06. The molecule has 0 heterocycles. The first-order chi connectivity index (χ1) is 10.2. The summed E-state index contributed by atoms with van der Waals surface area (Å²) in [6.45, 7) is 3.58. The van der Waals surface area contributed by atoms with Crippen LogP contribution in [0.25, 0.3) is 0 Å². The summed E-state index contributed by atoms with van der Waals surface area (Å²) >= 11 is 0. The molecule has 0 saturated carbocycles. The number of aliphatic imine (C=N–C) groups is 1. The Morgan fingerprint density at radius 2 is 2.14 bits per heavy atom. The van der Waals surface area contributed by atoms with Crippen LogP contribution in [0.5, 0.6) is 11.5 Å². The second-order valence-electron chi connectivity index (χ2n) is 4.97. The van der Waals surface area contributed by atoms with Crippen molar-refractivity contribution >= 4 is 5.96 Å². The molecule has 0 unspecified atom stereocenters. The lowest BCUT2D eigenvalue weighted by molar-refractivity contribution is 0.370. The van der Waals surface area contributed by atoms with Gasteiger partial charge in [-0.25, -0.2) is 0 Å². The number of phenolic OH excluding ortho intramolecular Hbond substituents is 1. The number of hydrogen-bond donors (Lipinski definition) is 3. The predicted octanol–water partition coefficient (Wildman–Crippen LogP) is 2.43. The molecular weight excluding hydrogens is 266 g/mol. The Balaban J connectivity index is 2.31. The molecule has 0 aliphatic heterocycles. The van der Waals surface area contributed by atoms with Crippen LogP contribution in [0.4, 0.5) is 0 Å². The first-order valence-corrected chi connectivity index (χ1v) is 7.57. The van der Waals surface area contributed by atoms with Crippen molar-refractivity contribution in [3.05, 3.63) is 23.8 Å². The van der Waals surface area contributed by atoms with E-state index in [1.807, 2.05) is 12.1 Å². The number of methoxy groups -OCH3 is 1. The van der Waals surface area contributed by atoms with Gasteiger partial charge in [-0.2, -0.15) is 0 Å². The number of phenols is 1. The fourth-order valence-electron chi connectivity index (χ4n) is 2.05. The molecule has 0 radical (unpaired) electrons. The van der Waals surface area contributed by atoms with Gasteiger partial charge in [0.15, 0.2) is 17.5 Å². The Labute approximate surface area is 127 Å². The number of hydrogen-bond acceptors (Lipinski definition) is 3. The van der Waals surface area contributed by atoms with Crippen LogP contribution < -0.4 is 15.8 Å². The summed E-state index contributed by atoms with van der Waals surface area (Å²) in [5.41, 5.74) is 6.63. The number of nitrogens with one attached hydrogen (secondary N) is 1. The van der Waals surface area contributed by atoms with Crippen LogP contribution in [-0.4, -0.2) is 31.3 Å². The molecule has 1 rings (SSSR count). The van der Waals surface area contributed by atoms with E-state index in [1.165, 1.54) is 19.3 Å². The van der Waals surface area contributed by atoms with Crippen molar-refractivity contribution in [2.24, 2.45) is 10.7 Å². The lowest BCUT2D eigenvalue weighted by Crippen LogP contribution is -2.33. The van der Waals surface area contributed by atoms with Crippen molar-refractivity contribution in [3.63, 3.8) is 0 Å². The van der Waals surface area contributed by atoms with E-state index >= 15 is 0 Å². The predicted molar refractivity (Wildman–Crippen MR) is 87.0 cm³/mol. The third kappa shape index (κ3) is 6.38. The topological polar surface area (TPSA) is 79.9 Å². The molecule has 0 bridgehead atoms. The molecule has 21 heavy (non-hydrogen) atoms. The number of aromatic hydroxyl groups is 1. The minimum atomic E-state index is 0.192. The van der Waals surface area contributed by atoms with E-state index in [1.54, 1.807) is 13.2 Å². The highest BCUT2D eigenvalue weighted by molar-refractivity contribution is 5.77. The number of rotatable bonds is 9. The molecule has 0 saturated heterocycles. The van der Waals surface area contributed by atoms with Gasteiger partial charge in [0.1, 0.15) is 0 Å². The number of benzene rings is 1. The van der Waals surface area contributed by atoms with E-state index in [0.717, 1.165) is 18.5 Å². The molecule has 0 spiro atoms. The monoisotopic (exact) mass is 293 g/mol. The molecule has 0 aliphatic rings. The number of ether oxygens (including phenoxy) is 1. The standard InChI is InChI=1S/C16H27N3O2/c1-3-4-5-6-11-18-16(17)19-12-10-13-8-7-9-14(21-2)15(13)20/h7-9,20H,3-6,10-12H2,1-2H3,(H3,17,18,19). The maximum Gasteiger partial charge on any atom is 0.188 e. The summed E-state index contributed by atoms with van der Waals surface area (Å²) in [6.07, 6.45) is 5.41. The molecule has 0 atom stereocenters. The Bertz CT molecular complexity index is 447. The number of nitrogens with zero attached hydrogens (tertiary/aromatic N) is 1. The Hall–Kier alpha value is -1.91. The minimum Gasteiger partial charge on any atom is -0.504 e. The van der Waals surface area contributed by atoms with Crippen molar-refractivity contribution in [2.45, 2.75) is 39.0 Å². The quantitative estimate of drug-likeness (QED) is 0.371. The molecule has 4 N–H and O–H groups in total. The van der Waals surface area contributed by atoms with Crippen LogP contribution in [0.1, 0.15) is 38.2 Å². The van der Waals surface area contributed by atoms with Crippen molar-refractivity contribution in [1.29, 1.82) is 0 Å². The van der Waals surface area contributed by atoms with Gasteiger partial charge in [0.25, 0.3) is 0 Å². The molecule has 0 aromatic heterocycles. The van der Waals surface area contributed by atoms with E-state index < -0.39 is 0 Å². The molecule has 5 heteroatoms. The van der Waals surface area contributed by atoms with Gasteiger partial charge in [-0.05, 0) is 24.5 Å². The zero-order valence-electron chi connectivity index (χ0n) is 13.1. The molecule has 1 aromatic carbocycles. The van der Waals surface area contributed by atoms with Gasteiger partial charge in [0.2, 0.25) is 0 Å². The zero-order valence-corrected chi connectivity index (χ0v) is 13.1. The van der Waals surface area contributed by atoms with Gasteiger partial charge < -0.3 is 20.9 Å². The van der Waals surface area contributed by atoms with E-state index in [2.05, 4.69) is 17.2 Å². The number of unbranched alkanes of at least 4 members (excludes halogenated alkanes) is 3. The largest absolute Gasteiger partial charge is 0.504 e. The second kappa shape index (κ2) is 9.91. The molecule has 1 aromatic rings. The summed E-state index contributed by atoms with van der Waals surface area (Å²) in [5, 5.41) is 13.0. The van der Waals surface area contributed by atoms with Gasteiger partial charge in [-0.3, -0.25) is 4.99 Å². The first-order valence-electron chi connectivity index (χ1n) is 7.57. The average molecular weight is 293 g/mol. The lowest BCUT2D eigenvalue weighted by atomic mass is 10.1. The highest BCUT2D eigenvalue weighted by Crippen LogP contribution is 2.29. The van der Waals surface area contributed by atoms with Crippen LogP contribution in [0.15, 0.2) is 23.2 Å². The summed E-state index contributed by atoms with van der Waals surface area (Å²) < 4.78 is 5.08. The fourth-order valence-corrected chi connectivity index (χ4v) is 2.05. The molecular formula is C16H27N3O2. The van der Waals surface area contributed by atoms with Crippen LogP contribution >= 0.6 is 0 Å². The molecule has 0 fully saturated rings. The normalized spacial score (nSPS) is 11.4. The van der Waals surface area contributed by atoms with Crippen LogP contribution in [0.2, 0.25) is 0 Å². The van der Waals surface area contributed by atoms with E-state index in [-0.39, 0.29) is 5.75 Å². The summed E-state index contributed by atoms with van der Waals surface area (Å²) in [4.78, 5) is 4.28. The van der Waals surface area contributed by atoms with E-state index in [0.29, 0.717) is 24.7 Å². The lowest BCUT2D eigenvalue weighted by Gasteiger charge is -2.09. The maximum atomic E-state index is 9.96. The van der Waals surface area contributed by atoms with Gasteiger partial charge in [-0.15, -0.1) is 0 Å². The van der Waals surface area contributed by atoms with Crippen molar-refractivity contribution in [3.8, 4) is 11.5 Å². The van der Waals surface area contributed by atoms with Crippen LogP contribution in [-0.2, 0) is 6.42 Å². The second-order valence-corrected chi connectivity index (χ2v) is 4.97. The van der Waals surface area contributed by atoms with Crippen LogP contribution in [0, 0.1) is 0 Å². The minimum absolute atomic E-state index is 0.192. The van der Waals surface area contributed by atoms with Gasteiger partial charge in [0, 0.05) is 13.1 Å². The van der Waals surface area contributed by atoms with Crippen molar-refractivity contribution < 1.29 is 9.84 Å². The third-order valence-corrected chi connectivity index (χ3v) is 3.30. The van der Waals surface area contributed by atoms with Crippen molar-refractivity contribution in [1.82, 2.24) is 5.32 Å². The molecule has 5 nitrogen and oxygen atoms in total. The number of para-hydroxylation sites is 1. The van der Waals surface area contributed by atoms with E-state index in [4.69, 9.17) is 10.5 Å². The molecule has 0 aliphatic carbocycles. The van der Waals surface area contributed by atoms with Crippen molar-refractivity contribution in [2.75, 3.05) is 20.2 Å². The number of nitrogens with two attached hydrogens (primary N) is 1. The van der Waals surface area contributed by atoms with Crippen LogP contribution in [0.3, 0.4) is 0 Å². The SMILES string of the molecule is CCCCCCN=C(N)NCCc1cccc(OC)c1O. The smallest absolute Gasteiger partial charge is 0.188 e. The van der Waals surface area contributed by atoms with Gasteiger partial charge in [0.05, 0.1) is 7.11 Å². The average Bonchev–Trinajstić information content (AvgIpc) is 2.49. The van der Waals surface area contributed by atoms with Gasteiger partial charge >= 0.3 is 0 Å². The summed E-state index contributed by atoms with van der Waals surface area (Å²) in [7, 11) is 1.54. The fraction of sp³-hybridized carbons (Fsp3) is 0.562. The molecule has 118 valence electrons. The Morgan fingerprint density at radius 1 is 1.33 bits per heavy atom. The Morgan fingerprint density at radius 3 is 2.86 bits per heavy atom. The third-order valence-electron chi connectivity index (χ3n) is 3.30. The zero-order chi connectivity index (χ0) is 15.5. The first kappa shape index (κ1) is 17.1. The van der Waals surface area contributed by atoms with E-state index in [9.17, 15) is 5.11 Å². The number of guanidine groups is 1. The summed E-state index contributed by atoms with van der Waals surface area (Å²) in [5.74, 6) is 1.15. The summed E-state index contributed by atoms with van der Waals surface area (Å²) in [6, 6.07) is 5.47. The molecule has 0 amide bonds. The van der Waals surface area contributed by atoms with Gasteiger partial charge in [-0.1, -0.05) is 38.3 Å². The Kier molecular flexibility index (Phi) is 8.09. The highest BCUT2D eigenvalue weighted by atomic mass is 16.5. The maximum absolute atomic E-state index is 9.96.